The van der Waals surface area contributed by atoms with Crippen LogP contribution in [0.15, 0.2) is 60.8 Å². The van der Waals surface area contributed by atoms with Crippen molar-refractivity contribution in [3.8, 4) is 0 Å². The first-order valence-electron chi connectivity index (χ1n) is 33.6. The highest BCUT2D eigenvalue weighted by molar-refractivity contribution is 5.76. The van der Waals surface area contributed by atoms with E-state index in [2.05, 4.69) is 67.8 Å². The van der Waals surface area contributed by atoms with Gasteiger partial charge in [0.05, 0.1) is 25.4 Å². The van der Waals surface area contributed by atoms with E-state index in [-0.39, 0.29) is 18.5 Å². The van der Waals surface area contributed by atoms with Gasteiger partial charge in [0.25, 0.3) is 0 Å². The third-order valence-electron chi connectivity index (χ3n) is 15.3. The van der Waals surface area contributed by atoms with Gasteiger partial charge in [-0.15, -0.1) is 0 Å². The van der Waals surface area contributed by atoms with Gasteiger partial charge in [0.1, 0.15) is 0 Å². The molecule has 1 amide bonds. The van der Waals surface area contributed by atoms with Crippen LogP contribution in [0.5, 0.6) is 0 Å². The normalized spacial score (nSPS) is 12.9. The van der Waals surface area contributed by atoms with E-state index < -0.39 is 12.1 Å². The lowest BCUT2D eigenvalue weighted by atomic mass is 10.0. The number of amides is 1. The molecule has 3 N–H and O–H groups in total. The molecule has 0 radical (unpaired) electrons. The van der Waals surface area contributed by atoms with Gasteiger partial charge in [0.15, 0.2) is 0 Å². The molecule has 0 spiro atoms. The Labute approximate surface area is 473 Å². The lowest BCUT2D eigenvalue weighted by Crippen LogP contribution is -2.45. The molecule has 0 rings (SSSR count). The fourth-order valence-corrected chi connectivity index (χ4v) is 10.1. The molecule has 0 bridgehead atoms. The predicted molar refractivity (Wildman–Crippen MR) is 333 cm³/mol. The van der Waals surface area contributed by atoms with Crippen molar-refractivity contribution in [2.24, 2.45) is 0 Å². The highest BCUT2D eigenvalue weighted by Gasteiger charge is 2.18. The molecule has 2 atom stereocenters. The first-order chi connectivity index (χ1) is 37.5. The van der Waals surface area contributed by atoms with Crippen molar-refractivity contribution in [1.82, 2.24) is 5.32 Å². The van der Waals surface area contributed by atoms with Crippen LogP contribution < -0.4 is 5.32 Å². The van der Waals surface area contributed by atoms with E-state index in [1.807, 2.05) is 6.08 Å². The van der Waals surface area contributed by atoms with Gasteiger partial charge in [-0.25, -0.2) is 0 Å². The molecule has 6 nitrogen and oxygen atoms in total. The van der Waals surface area contributed by atoms with Crippen molar-refractivity contribution in [1.29, 1.82) is 0 Å². The maximum atomic E-state index is 12.5. The number of carbonyl (C=O) groups is 2. The molecule has 0 aliphatic heterocycles. The molecule has 0 aliphatic carbocycles. The summed E-state index contributed by atoms with van der Waals surface area (Å²) in [6, 6.07) is -0.628. The van der Waals surface area contributed by atoms with E-state index in [9.17, 15) is 19.8 Å². The van der Waals surface area contributed by atoms with Gasteiger partial charge in [-0.1, -0.05) is 299 Å². The molecule has 0 aromatic rings. The van der Waals surface area contributed by atoms with Gasteiger partial charge in [0.2, 0.25) is 5.91 Å². The third-order valence-corrected chi connectivity index (χ3v) is 15.3. The molecular formula is C70H129NO5. The van der Waals surface area contributed by atoms with Crippen LogP contribution in [0, 0.1) is 0 Å². The zero-order chi connectivity index (χ0) is 55.0. The van der Waals surface area contributed by atoms with Gasteiger partial charge in [-0.05, 0) is 96.3 Å². The highest BCUT2D eigenvalue weighted by atomic mass is 16.5. The summed E-state index contributed by atoms with van der Waals surface area (Å²) in [6.07, 6.45) is 85.7. The van der Waals surface area contributed by atoms with Crippen molar-refractivity contribution in [2.75, 3.05) is 13.2 Å². The maximum Gasteiger partial charge on any atom is 0.305 e. The Morgan fingerprint density at radius 1 is 0.368 bits per heavy atom. The lowest BCUT2D eigenvalue weighted by Gasteiger charge is -2.20. The molecule has 0 aromatic carbocycles. The average molecular weight is 1060 g/mol. The molecule has 444 valence electrons. The monoisotopic (exact) mass is 1060 g/mol. The molecule has 76 heavy (non-hydrogen) atoms. The first-order valence-corrected chi connectivity index (χ1v) is 33.6. The van der Waals surface area contributed by atoms with Gasteiger partial charge in [0, 0.05) is 12.8 Å². The van der Waals surface area contributed by atoms with Gasteiger partial charge in [-0.2, -0.15) is 0 Å². The van der Waals surface area contributed by atoms with Crippen molar-refractivity contribution in [3.05, 3.63) is 60.8 Å². The van der Waals surface area contributed by atoms with E-state index in [0.717, 1.165) is 57.8 Å². The standard InChI is InChI=1S/C70H129NO5/c1-3-5-7-9-11-13-15-17-35-40-44-48-52-56-60-64-70(75)76-65-61-57-53-49-45-41-37-34-32-30-28-26-24-22-20-18-19-21-23-25-27-29-31-33-36-39-43-47-51-55-59-63-69(74)71-67(66-72)68(73)62-58-54-50-46-42-38-16-14-12-10-8-6-4-2/h11,13,17,20,22,26,28,35,58,62,67-68,72-73H,3-10,12,14-16,18-19,21,23-25,27,29-34,36-57,59-61,63-66H2,1-2H3,(H,71,74)/b13-11-,22-20-,28-26-,35-17-,62-58+. The zero-order valence-electron chi connectivity index (χ0n) is 50.7. The average Bonchev–Trinajstić information content (AvgIpc) is 3.42. The summed E-state index contributed by atoms with van der Waals surface area (Å²) in [5, 5.41) is 23.1. The fourth-order valence-electron chi connectivity index (χ4n) is 10.1. The summed E-state index contributed by atoms with van der Waals surface area (Å²) < 4.78 is 5.48. The topological polar surface area (TPSA) is 95.9 Å². The van der Waals surface area contributed by atoms with Crippen LogP contribution in [0.3, 0.4) is 0 Å². The molecular weight excluding hydrogens is 935 g/mol. The van der Waals surface area contributed by atoms with E-state index in [4.69, 9.17) is 4.74 Å². The van der Waals surface area contributed by atoms with Crippen LogP contribution in [0.4, 0.5) is 0 Å². The largest absolute Gasteiger partial charge is 0.466 e. The Hall–Kier alpha value is -2.44. The number of aliphatic hydroxyl groups is 2. The SMILES string of the molecule is CCCCC/C=C\C/C=C\CCCCCCCC(=O)OCCCCCCCCCCC/C=C\C/C=C\CCCCCCCCCCCCCCCCCC(=O)NC(CO)C(O)/C=C/CCCCCCCCCCCCC. The van der Waals surface area contributed by atoms with E-state index in [1.54, 1.807) is 6.08 Å². The molecule has 0 fully saturated rings. The number of ether oxygens (including phenoxy) is 1. The molecule has 2 unspecified atom stereocenters. The Balaban J connectivity index is 3.41. The first kappa shape index (κ1) is 73.6. The van der Waals surface area contributed by atoms with Crippen LogP contribution >= 0.6 is 0 Å². The fraction of sp³-hybridized carbons (Fsp3) is 0.829. The van der Waals surface area contributed by atoms with E-state index in [0.29, 0.717) is 19.4 Å². The minimum Gasteiger partial charge on any atom is -0.466 e. The van der Waals surface area contributed by atoms with Crippen LogP contribution in [-0.2, 0) is 14.3 Å². The second-order valence-electron chi connectivity index (χ2n) is 22.8. The Kier molecular flexibility index (Phi) is 63.0. The van der Waals surface area contributed by atoms with Gasteiger partial charge in [-0.3, -0.25) is 9.59 Å². The maximum absolute atomic E-state index is 12.5. The number of allylic oxidation sites excluding steroid dienone is 9. The van der Waals surface area contributed by atoms with Crippen LogP contribution in [0.25, 0.3) is 0 Å². The zero-order valence-corrected chi connectivity index (χ0v) is 50.7. The highest BCUT2D eigenvalue weighted by Crippen LogP contribution is 2.17. The smallest absolute Gasteiger partial charge is 0.305 e. The number of carbonyl (C=O) groups excluding carboxylic acids is 2. The summed E-state index contributed by atoms with van der Waals surface area (Å²) in [5.41, 5.74) is 0. The Morgan fingerprint density at radius 2 is 0.658 bits per heavy atom. The van der Waals surface area contributed by atoms with Crippen LogP contribution in [0.1, 0.15) is 348 Å². The lowest BCUT2D eigenvalue weighted by molar-refractivity contribution is -0.143. The quantitative estimate of drug-likeness (QED) is 0.0320. The number of hydrogen-bond donors (Lipinski definition) is 3. The minimum absolute atomic E-state index is 0.00157. The molecule has 0 saturated carbocycles. The van der Waals surface area contributed by atoms with Gasteiger partial charge < -0.3 is 20.3 Å². The second-order valence-corrected chi connectivity index (χ2v) is 22.8. The van der Waals surface area contributed by atoms with E-state index >= 15 is 0 Å². The van der Waals surface area contributed by atoms with Gasteiger partial charge >= 0.3 is 5.97 Å². The summed E-state index contributed by atoms with van der Waals surface area (Å²) in [6.45, 7) is 4.87. The summed E-state index contributed by atoms with van der Waals surface area (Å²) in [7, 11) is 0. The molecule has 0 aliphatic rings. The van der Waals surface area contributed by atoms with Crippen molar-refractivity contribution < 1.29 is 24.5 Å². The number of hydrogen-bond acceptors (Lipinski definition) is 5. The van der Waals surface area contributed by atoms with Crippen molar-refractivity contribution in [2.45, 2.75) is 360 Å². The summed E-state index contributed by atoms with van der Waals surface area (Å²) in [5.74, 6) is -0.0689. The Bertz CT molecular complexity index is 1320. The Morgan fingerprint density at radius 3 is 1.03 bits per heavy atom. The van der Waals surface area contributed by atoms with Crippen molar-refractivity contribution >= 4 is 11.9 Å². The summed E-state index contributed by atoms with van der Waals surface area (Å²) in [4.78, 5) is 24.5. The predicted octanol–water partition coefficient (Wildman–Crippen LogP) is 21.5. The molecule has 6 heteroatoms. The number of nitrogens with one attached hydrogen (secondary N) is 1. The molecule has 0 aromatic heterocycles. The van der Waals surface area contributed by atoms with Crippen LogP contribution in [-0.4, -0.2) is 47.4 Å². The molecule has 0 saturated heterocycles. The van der Waals surface area contributed by atoms with E-state index in [1.165, 1.54) is 263 Å². The summed E-state index contributed by atoms with van der Waals surface area (Å²) >= 11 is 0. The molecule has 0 heterocycles. The third kappa shape index (κ3) is 60.8. The van der Waals surface area contributed by atoms with Crippen LogP contribution in [0.2, 0.25) is 0 Å². The number of unbranched alkanes of at least 4 members (excludes halogenated alkanes) is 43. The van der Waals surface area contributed by atoms with Crippen molar-refractivity contribution in [3.63, 3.8) is 0 Å². The number of esters is 1. The number of aliphatic hydroxyl groups excluding tert-OH is 2. The minimum atomic E-state index is -0.844. The number of rotatable bonds is 62. The second kappa shape index (κ2) is 65.1.